The van der Waals surface area contributed by atoms with Crippen LogP contribution in [-0.4, -0.2) is 23.8 Å². The van der Waals surface area contributed by atoms with E-state index in [2.05, 4.69) is 23.7 Å². The number of benzene rings is 1. The summed E-state index contributed by atoms with van der Waals surface area (Å²) in [5, 5.41) is 10.3. The van der Waals surface area contributed by atoms with E-state index in [1.165, 1.54) is 6.07 Å². The van der Waals surface area contributed by atoms with Crippen molar-refractivity contribution in [2.24, 2.45) is 0 Å². The van der Waals surface area contributed by atoms with E-state index in [1.54, 1.807) is 19.5 Å². The molecule has 3 rings (SSSR count). The molecule has 0 saturated heterocycles. The standard InChI is InChI=1S/C24H28N2O6/c1-24(2,9-5-4-6-12-31-26(28)29)19-15-20(30-3)23-18(13-17-7-10-25-11-8-17)14-22(27)32-21(23)16-19/h7-8,10-11,14-16H,4-6,9,12-13H2,1-3H3. The van der Waals surface area contributed by atoms with Gasteiger partial charge in [0.1, 0.15) is 11.3 Å². The number of nitrogens with zero attached hydrogens (tertiary/aromatic N) is 2. The van der Waals surface area contributed by atoms with E-state index in [-0.39, 0.29) is 12.0 Å². The molecule has 2 aromatic heterocycles. The van der Waals surface area contributed by atoms with Crippen LogP contribution in [0.15, 0.2) is 51.9 Å². The normalized spacial score (nSPS) is 11.5. The minimum atomic E-state index is -0.762. The predicted octanol–water partition coefficient (Wildman–Crippen LogP) is 4.83. The molecule has 3 aromatic rings. The van der Waals surface area contributed by atoms with Crippen LogP contribution in [-0.2, 0) is 16.7 Å². The topological polar surface area (TPSA) is 105 Å². The number of unbranched alkanes of at least 4 members (excludes halogenated alkanes) is 2. The van der Waals surface area contributed by atoms with Gasteiger partial charge in [0.05, 0.1) is 19.1 Å². The van der Waals surface area contributed by atoms with Crippen molar-refractivity contribution in [2.45, 2.75) is 51.4 Å². The molecule has 0 N–H and O–H groups in total. The predicted molar refractivity (Wildman–Crippen MR) is 121 cm³/mol. The third-order valence-corrected chi connectivity index (χ3v) is 5.68. The molecule has 1 aromatic carbocycles. The molecule has 32 heavy (non-hydrogen) atoms. The van der Waals surface area contributed by atoms with Gasteiger partial charge in [-0.2, -0.15) is 0 Å². The maximum Gasteiger partial charge on any atom is 0.336 e. The Labute approximate surface area is 186 Å². The Morgan fingerprint density at radius 3 is 2.56 bits per heavy atom. The van der Waals surface area contributed by atoms with Gasteiger partial charge in [0, 0.05) is 18.5 Å². The van der Waals surface area contributed by atoms with Crippen molar-refractivity contribution < 1.29 is 19.1 Å². The molecule has 0 bridgehead atoms. The first-order valence-electron chi connectivity index (χ1n) is 10.6. The molecular weight excluding hydrogens is 412 g/mol. The van der Waals surface area contributed by atoms with E-state index in [4.69, 9.17) is 9.15 Å². The first kappa shape index (κ1) is 23.2. The second-order valence-corrected chi connectivity index (χ2v) is 8.43. The zero-order valence-corrected chi connectivity index (χ0v) is 18.6. The molecule has 0 aliphatic heterocycles. The van der Waals surface area contributed by atoms with Gasteiger partial charge in [0.15, 0.2) is 0 Å². The average Bonchev–Trinajstić information content (AvgIpc) is 2.75. The van der Waals surface area contributed by atoms with E-state index in [9.17, 15) is 14.9 Å². The maximum absolute atomic E-state index is 12.3. The number of rotatable bonds is 11. The molecule has 8 nitrogen and oxygen atoms in total. The van der Waals surface area contributed by atoms with Crippen LogP contribution in [0.3, 0.4) is 0 Å². The summed E-state index contributed by atoms with van der Waals surface area (Å²) in [5.41, 5.74) is 2.79. The molecule has 0 saturated carbocycles. The van der Waals surface area contributed by atoms with E-state index in [0.717, 1.165) is 41.3 Å². The first-order chi connectivity index (χ1) is 15.3. The van der Waals surface area contributed by atoms with Crippen molar-refractivity contribution in [1.29, 1.82) is 0 Å². The molecule has 0 atom stereocenters. The summed E-state index contributed by atoms with van der Waals surface area (Å²) in [6.07, 6.45) is 7.23. The van der Waals surface area contributed by atoms with Crippen LogP contribution < -0.4 is 10.4 Å². The third kappa shape index (κ3) is 5.84. The van der Waals surface area contributed by atoms with Gasteiger partial charge in [-0.15, -0.1) is 10.1 Å². The van der Waals surface area contributed by atoms with Crippen LogP contribution in [0.2, 0.25) is 0 Å². The van der Waals surface area contributed by atoms with Gasteiger partial charge in [-0.3, -0.25) is 4.98 Å². The van der Waals surface area contributed by atoms with Crippen molar-refractivity contribution >= 4 is 11.0 Å². The number of fused-ring (bicyclic) bond motifs is 1. The Balaban J connectivity index is 1.86. The number of methoxy groups -OCH3 is 1. The van der Waals surface area contributed by atoms with Gasteiger partial charge in [-0.1, -0.05) is 26.7 Å². The smallest absolute Gasteiger partial charge is 0.336 e. The van der Waals surface area contributed by atoms with Crippen molar-refractivity contribution in [2.75, 3.05) is 13.7 Å². The molecular formula is C24H28N2O6. The molecule has 0 aliphatic carbocycles. The van der Waals surface area contributed by atoms with Crippen LogP contribution >= 0.6 is 0 Å². The summed E-state index contributed by atoms with van der Waals surface area (Å²) >= 11 is 0. The van der Waals surface area contributed by atoms with Crippen molar-refractivity contribution in [1.82, 2.24) is 4.98 Å². The van der Waals surface area contributed by atoms with Crippen molar-refractivity contribution in [3.05, 3.63) is 80.0 Å². The second-order valence-electron chi connectivity index (χ2n) is 8.43. The number of hydrogen-bond donors (Lipinski definition) is 0. The van der Waals surface area contributed by atoms with Crippen LogP contribution in [0, 0.1) is 10.1 Å². The number of hydrogen-bond acceptors (Lipinski definition) is 7. The fraction of sp³-hybridized carbons (Fsp3) is 0.417. The monoisotopic (exact) mass is 440 g/mol. The summed E-state index contributed by atoms with van der Waals surface area (Å²) in [4.78, 5) is 30.9. The lowest BCUT2D eigenvalue weighted by molar-refractivity contribution is -0.757. The molecule has 0 fully saturated rings. The fourth-order valence-corrected chi connectivity index (χ4v) is 3.88. The highest BCUT2D eigenvalue weighted by molar-refractivity contribution is 5.88. The summed E-state index contributed by atoms with van der Waals surface area (Å²) in [6, 6.07) is 9.28. The lowest BCUT2D eigenvalue weighted by Crippen LogP contribution is -2.17. The third-order valence-electron chi connectivity index (χ3n) is 5.68. The largest absolute Gasteiger partial charge is 0.496 e. The summed E-state index contributed by atoms with van der Waals surface area (Å²) in [7, 11) is 1.61. The second kappa shape index (κ2) is 10.3. The SMILES string of the molecule is COc1cc(C(C)(C)CCCCCO[N+](=O)[O-])cc2oc(=O)cc(Cc3ccncc3)c12. The lowest BCUT2D eigenvalue weighted by atomic mass is 9.79. The Kier molecular flexibility index (Phi) is 7.45. The van der Waals surface area contributed by atoms with Gasteiger partial charge < -0.3 is 14.0 Å². The van der Waals surface area contributed by atoms with E-state index in [1.807, 2.05) is 24.3 Å². The number of ether oxygens (including phenoxy) is 1. The number of aromatic nitrogens is 1. The van der Waals surface area contributed by atoms with Crippen molar-refractivity contribution in [3.8, 4) is 5.75 Å². The highest BCUT2D eigenvalue weighted by atomic mass is 16.9. The lowest BCUT2D eigenvalue weighted by Gasteiger charge is -2.26. The van der Waals surface area contributed by atoms with Crippen LogP contribution in [0.5, 0.6) is 5.75 Å². The highest BCUT2D eigenvalue weighted by Gasteiger charge is 2.24. The van der Waals surface area contributed by atoms with Gasteiger partial charge in [-0.25, -0.2) is 4.79 Å². The van der Waals surface area contributed by atoms with Gasteiger partial charge in [0.25, 0.3) is 5.09 Å². The molecule has 8 heteroatoms. The Morgan fingerprint density at radius 2 is 1.88 bits per heavy atom. The highest BCUT2D eigenvalue weighted by Crippen LogP contribution is 2.37. The molecule has 0 spiro atoms. The quantitative estimate of drug-likeness (QED) is 0.182. The fourth-order valence-electron chi connectivity index (χ4n) is 3.88. The van der Waals surface area contributed by atoms with Crippen LogP contribution in [0.25, 0.3) is 11.0 Å². The van der Waals surface area contributed by atoms with Crippen LogP contribution in [0.4, 0.5) is 0 Å². The van der Waals surface area contributed by atoms with Crippen LogP contribution in [0.1, 0.15) is 56.2 Å². The Morgan fingerprint density at radius 1 is 1.12 bits per heavy atom. The van der Waals surface area contributed by atoms with Gasteiger partial charge in [-0.05, 0) is 65.6 Å². The first-order valence-corrected chi connectivity index (χ1v) is 10.6. The molecule has 0 amide bonds. The number of pyridine rings is 1. The average molecular weight is 440 g/mol. The van der Waals surface area contributed by atoms with Gasteiger partial charge in [0.2, 0.25) is 0 Å². The summed E-state index contributed by atoms with van der Waals surface area (Å²) < 4.78 is 11.3. The maximum atomic E-state index is 12.3. The Hall–Kier alpha value is -3.42. The zero-order chi connectivity index (χ0) is 23.1. The minimum Gasteiger partial charge on any atom is -0.496 e. The van der Waals surface area contributed by atoms with Crippen molar-refractivity contribution in [3.63, 3.8) is 0 Å². The minimum absolute atomic E-state index is 0.114. The van der Waals surface area contributed by atoms with E-state index in [0.29, 0.717) is 24.2 Å². The molecule has 0 aliphatic rings. The Bertz CT molecular complexity index is 1120. The molecule has 0 radical (unpaired) electrons. The summed E-state index contributed by atoms with van der Waals surface area (Å²) in [6.45, 7) is 4.36. The molecule has 2 heterocycles. The van der Waals surface area contributed by atoms with E-state index >= 15 is 0 Å². The zero-order valence-electron chi connectivity index (χ0n) is 18.6. The van der Waals surface area contributed by atoms with E-state index < -0.39 is 10.7 Å². The van der Waals surface area contributed by atoms with Gasteiger partial charge >= 0.3 is 5.63 Å². The molecule has 170 valence electrons. The summed E-state index contributed by atoms with van der Waals surface area (Å²) in [5.74, 6) is 0.665. The molecule has 0 unspecified atom stereocenters.